The van der Waals surface area contributed by atoms with Crippen LogP contribution in [0.15, 0.2) is 22.8 Å². The van der Waals surface area contributed by atoms with E-state index < -0.39 is 11.2 Å². The summed E-state index contributed by atoms with van der Waals surface area (Å²) in [5.74, 6) is 0.762. The molecule has 0 saturated carbocycles. The van der Waals surface area contributed by atoms with Crippen LogP contribution in [0.5, 0.6) is 0 Å². The van der Waals surface area contributed by atoms with Gasteiger partial charge in [0, 0.05) is 13.0 Å². The van der Waals surface area contributed by atoms with E-state index >= 15 is 0 Å². The molecule has 2 aromatic heterocycles. The molecule has 0 aliphatic rings. The Bertz CT molecular complexity index is 466. The Kier molecular flexibility index (Phi) is 3.32. The van der Waals surface area contributed by atoms with Crippen molar-refractivity contribution in [1.82, 2.24) is 10.2 Å². The third kappa shape index (κ3) is 3.19. The zero-order valence-electron chi connectivity index (χ0n) is 8.49. The number of hydrogen-bond acceptors (Lipinski definition) is 5. The number of halogens is 3. The highest BCUT2D eigenvalue weighted by Crippen LogP contribution is 2.32. The van der Waals surface area contributed by atoms with Crippen LogP contribution in [0.3, 0.4) is 0 Å². The molecule has 0 aliphatic carbocycles. The van der Waals surface area contributed by atoms with Gasteiger partial charge in [-0.1, -0.05) is 11.3 Å². The molecule has 17 heavy (non-hydrogen) atoms. The van der Waals surface area contributed by atoms with Gasteiger partial charge >= 0.3 is 6.18 Å². The van der Waals surface area contributed by atoms with E-state index in [1.54, 1.807) is 18.4 Å². The molecular weight excluding hydrogens is 255 g/mol. The van der Waals surface area contributed by atoms with E-state index in [-0.39, 0.29) is 5.13 Å². The van der Waals surface area contributed by atoms with Gasteiger partial charge in [-0.3, -0.25) is 0 Å². The molecule has 0 radical (unpaired) electrons. The van der Waals surface area contributed by atoms with Gasteiger partial charge in [-0.05, 0) is 12.1 Å². The van der Waals surface area contributed by atoms with Gasteiger partial charge in [0.2, 0.25) is 10.1 Å². The fraction of sp³-hybridized carbons (Fsp3) is 0.333. The number of rotatable bonds is 4. The number of hydrogen-bond donors (Lipinski definition) is 1. The maximum absolute atomic E-state index is 12.2. The second-order valence-corrected chi connectivity index (χ2v) is 4.14. The van der Waals surface area contributed by atoms with Gasteiger partial charge in [-0.25, -0.2) is 0 Å². The molecule has 2 aromatic rings. The number of aromatic nitrogens is 2. The summed E-state index contributed by atoms with van der Waals surface area (Å²) in [5.41, 5.74) is 0. The fourth-order valence-corrected chi connectivity index (χ4v) is 1.79. The molecule has 0 saturated heterocycles. The van der Waals surface area contributed by atoms with Gasteiger partial charge in [-0.15, -0.1) is 10.2 Å². The van der Waals surface area contributed by atoms with E-state index in [1.165, 1.54) is 0 Å². The van der Waals surface area contributed by atoms with Crippen LogP contribution in [-0.4, -0.2) is 16.7 Å². The highest BCUT2D eigenvalue weighted by molar-refractivity contribution is 7.15. The number of alkyl halides is 3. The summed E-state index contributed by atoms with van der Waals surface area (Å²) in [7, 11) is 0. The summed E-state index contributed by atoms with van der Waals surface area (Å²) in [4.78, 5) is 0. The highest BCUT2D eigenvalue weighted by atomic mass is 32.1. The lowest BCUT2D eigenvalue weighted by atomic mass is 10.3. The summed E-state index contributed by atoms with van der Waals surface area (Å²) in [6.07, 6.45) is -2.31. The predicted octanol–water partition coefficient (Wildman–Crippen LogP) is 2.80. The molecule has 2 rings (SSSR count). The first-order chi connectivity index (χ1) is 8.05. The van der Waals surface area contributed by atoms with Crippen LogP contribution in [0.1, 0.15) is 10.8 Å². The zero-order valence-corrected chi connectivity index (χ0v) is 9.31. The smallest absolute Gasteiger partial charge is 0.445 e. The molecule has 0 bridgehead atoms. The normalized spacial score (nSPS) is 11.7. The van der Waals surface area contributed by atoms with E-state index in [2.05, 4.69) is 15.5 Å². The van der Waals surface area contributed by atoms with Crippen molar-refractivity contribution in [3.8, 4) is 0 Å². The van der Waals surface area contributed by atoms with Crippen molar-refractivity contribution in [3.63, 3.8) is 0 Å². The Morgan fingerprint density at radius 3 is 2.76 bits per heavy atom. The first-order valence-electron chi connectivity index (χ1n) is 4.72. The third-order valence-corrected chi connectivity index (χ3v) is 2.82. The number of anilines is 1. The van der Waals surface area contributed by atoms with Crippen molar-refractivity contribution in [2.75, 3.05) is 11.9 Å². The Morgan fingerprint density at radius 2 is 2.18 bits per heavy atom. The second kappa shape index (κ2) is 4.74. The molecule has 8 heteroatoms. The van der Waals surface area contributed by atoms with E-state index in [0.29, 0.717) is 24.3 Å². The minimum atomic E-state index is -4.43. The number of furan rings is 1. The Hall–Kier alpha value is -1.57. The molecule has 2 heterocycles. The molecule has 0 aromatic carbocycles. The topological polar surface area (TPSA) is 51.0 Å². The van der Waals surface area contributed by atoms with Gasteiger partial charge in [0.1, 0.15) is 5.76 Å². The van der Waals surface area contributed by atoms with Gasteiger partial charge in [0.25, 0.3) is 0 Å². The van der Waals surface area contributed by atoms with Gasteiger partial charge in [-0.2, -0.15) is 13.2 Å². The molecule has 0 amide bonds. The predicted molar refractivity (Wildman–Crippen MR) is 55.8 cm³/mol. The van der Waals surface area contributed by atoms with Crippen LogP contribution >= 0.6 is 11.3 Å². The molecule has 0 atom stereocenters. The van der Waals surface area contributed by atoms with E-state index in [4.69, 9.17) is 4.42 Å². The van der Waals surface area contributed by atoms with Gasteiger partial charge < -0.3 is 9.73 Å². The molecule has 0 fully saturated rings. The lowest BCUT2D eigenvalue weighted by Gasteiger charge is -1.99. The summed E-state index contributed by atoms with van der Waals surface area (Å²) in [5, 5.41) is 8.44. The van der Waals surface area contributed by atoms with Crippen LogP contribution in [0.4, 0.5) is 18.3 Å². The van der Waals surface area contributed by atoms with Crippen LogP contribution in [0.25, 0.3) is 0 Å². The van der Waals surface area contributed by atoms with E-state index in [1.807, 2.05) is 0 Å². The quantitative estimate of drug-likeness (QED) is 0.921. The van der Waals surface area contributed by atoms with Crippen molar-refractivity contribution >= 4 is 16.5 Å². The lowest BCUT2D eigenvalue weighted by molar-refractivity contribution is -0.138. The minimum Gasteiger partial charge on any atom is -0.469 e. The van der Waals surface area contributed by atoms with E-state index in [0.717, 1.165) is 5.76 Å². The van der Waals surface area contributed by atoms with E-state index in [9.17, 15) is 13.2 Å². The molecule has 4 nitrogen and oxygen atoms in total. The van der Waals surface area contributed by atoms with Gasteiger partial charge in [0.05, 0.1) is 6.26 Å². The largest absolute Gasteiger partial charge is 0.469 e. The van der Waals surface area contributed by atoms with Crippen molar-refractivity contribution in [2.45, 2.75) is 12.6 Å². The Labute approximate surface area is 98.5 Å². The molecular formula is C9H8F3N3OS. The van der Waals surface area contributed by atoms with Crippen LogP contribution < -0.4 is 5.32 Å². The van der Waals surface area contributed by atoms with Crippen molar-refractivity contribution in [1.29, 1.82) is 0 Å². The third-order valence-electron chi connectivity index (χ3n) is 1.90. The summed E-state index contributed by atoms with van der Waals surface area (Å²) in [6.45, 7) is 0.444. The fourth-order valence-electron chi connectivity index (χ4n) is 1.16. The average molecular weight is 263 g/mol. The first kappa shape index (κ1) is 11.9. The molecule has 0 spiro atoms. The Morgan fingerprint density at radius 1 is 1.35 bits per heavy atom. The molecule has 0 aliphatic heterocycles. The minimum absolute atomic E-state index is 0.156. The SMILES string of the molecule is FC(F)(F)c1nnc(NCCc2ccco2)s1. The second-order valence-electron chi connectivity index (χ2n) is 3.17. The van der Waals surface area contributed by atoms with Crippen LogP contribution in [0, 0.1) is 0 Å². The Balaban J connectivity index is 1.85. The van der Waals surface area contributed by atoms with Crippen molar-refractivity contribution in [3.05, 3.63) is 29.2 Å². The standard InChI is InChI=1S/C9H8F3N3OS/c10-9(11,12)7-14-15-8(17-7)13-4-3-6-2-1-5-16-6/h1-2,5H,3-4H2,(H,13,15). The number of nitrogens with zero attached hydrogens (tertiary/aromatic N) is 2. The monoisotopic (exact) mass is 263 g/mol. The van der Waals surface area contributed by atoms with Crippen molar-refractivity contribution < 1.29 is 17.6 Å². The molecule has 1 N–H and O–H groups in total. The molecule has 92 valence electrons. The highest BCUT2D eigenvalue weighted by Gasteiger charge is 2.35. The summed E-state index contributed by atoms with van der Waals surface area (Å²) < 4.78 is 41.7. The van der Waals surface area contributed by atoms with Crippen molar-refractivity contribution in [2.24, 2.45) is 0 Å². The average Bonchev–Trinajstić information content (AvgIpc) is 2.86. The maximum atomic E-state index is 12.2. The summed E-state index contributed by atoms with van der Waals surface area (Å²) in [6, 6.07) is 3.55. The molecule has 0 unspecified atom stereocenters. The number of nitrogens with one attached hydrogen (secondary N) is 1. The van der Waals surface area contributed by atoms with Gasteiger partial charge in [0.15, 0.2) is 0 Å². The summed E-state index contributed by atoms with van der Waals surface area (Å²) >= 11 is 0.488. The van der Waals surface area contributed by atoms with Crippen LogP contribution in [0.2, 0.25) is 0 Å². The maximum Gasteiger partial charge on any atom is 0.445 e. The lowest BCUT2D eigenvalue weighted by Crippen LogP contribution is -2.03. The van der Waals surface area contributed by atoms with Crippen LogP contribution in [-0.2, 0) is 12.6 Å². The first-order valence-corrected chi connectivity index (χ1v) is 5.54. The zero-order chi connectivity index (χ0) is 12.3.